The summed E-state index contributed by atoms with van der Waals surface area (Å²) in [5.74, 6) is 0.616. The molecule has 0 spiro atoms. The topological polar surface area (TPSA) is 29.1 Å². The van der Waals surface area contributed by atoms with Gasteiger partial charge in [0.05, 0.1) is 5.41 Å². The molecule has 1 N–H and O–H groups in total. The minimum atomic E-state index is -0.0875. The van der Waals surface area contributed by atoms with Gasteiger partial charge in [0.1, 0.15) is 0 Å². The molecule has 1 aromatic carbocycles. The van der Waals surface area contributed by atoms with Crippen LogP contribution in [-0.4, -0.2) is 5.91 Å². The summed E-state index contributed by atoms with van der Waals surface area (Å²) >= 11 is 0. The van der Waals surface area contributed by atoms with Crippen molar-refractivity contribution in [2.24, 2.45) is 11.3 Å². The van der Waals surface area contributed by atoms with Crippen LogP contribution in [0.2, 0.25) is 0 Å². The Labute approximate surface area is 90.7 Å². The van der Waals surface area contributed by atoms with Crippen molar-refractivity contribution in [2.45, 2.75) is 26.7 Å². The monoisotopic (exact) mass is 203 g/mol. The predicted octanol–water partition coefficient (Wildman–Crippen LogP) is 3.06. The molecule has 0 radical (unpaired) electrons. The molecule has 0 atom stereocenters. The van der Waals surface area contributed by atoms with Gasteiger partial charge in [-0.3, -0.25) is 4.79 Å². The number of carbonyl (C=O) groups is 1. The molecule has 80 valence electrons. The summed E-state index contributed by atoms with van der Waals surface area (Å²) in [6.07, 6.45) is 2.06. The third-order valence-corrected chi connectivity index (χ3v) is 3.38. The number of para-hydroxylation sites is 1. The van der Waals surface area contributed by atoms with Crippen molar-refractivity contribution in [3.63, 3.8) is 0 Å². The van der Waals surface area contributed by atoms with E-state index in [9.17, 15) is 4.79 Å². The van der Waals surface area contributed by atoms with E-state index in [4.69, 9.17) is 0 Å². The molecule has 1 fully saturated rings. The molecule has 1 aliphatic rings. The van der Waals surface area contributed by atoms with Crippen molar-refractivity contribution in [1.29, 1.82) is 0 Å². The van der Waals surface area contributed by atoms with Gasteiger partial charge < -0.3 is 5.32 Å². The van der Waals surface area contributed by atoms with Gasteiger partial charge in [0.2, 0.25) is 5.91 Å². The van der Waals surface area contributed by atoms with Gasteiger partial charge in [-0.1, -0.05) is 32.0 Å². The number of hydrogen-bond acceptors (Lipinski definition) is 1. The van der Waals surface area contributed by atoms with Gasteiger partial charge in [0.15, 0.2) is 0 Å². The second-order valence-electron chi connectivity index (χ2n) is 4.63. The van der Waals surface area contributed by atoms with Gasteiger partial charge in [-0.05, 0) is 30.9 Å². The van der Waals surface area contributed by atoms with Crippen LogP contribution in [0.3, 0.4) is 0 Å². The molecular formula is C13H17NO. The number of nitrogens with one attached hydrogen (secondary N) is 1. The molecule has 15 heavy (non-hydrogen) atoms. The molecule has 0 unspecified atom stereocenters. The zero-order chi connectivity index (χ0) is 10.9. The highest BCUT2D eigenvalue weighted by Crippen LogP contribution is 2.52. The predicted molar refractivity (Wildman–Crippen MR) is 61.6 cm³/mol. The normalized spacial score (nSPS) is 17.5. The van der Waals surface area contributed by atoms with Crippen molar-refractivity contribution in [3.05, 3.63) is 30.3 Å². The summed E-state index contributed by atoms with van der Waals surface area (Å²) < 4.78 is 0. The zero-order valence-corrected chi connectivity index (χ0v) is 9.29. The molecule has 2 rings (SSSR count). The van der Waals surface area contributed by atoms with Crippen LogP contribution >= 0.6 is 0 Å². The Bertz CT molecular complexity index is 352. The number of amides is 1. The fraction of sp³-hybridized carbons (Fsp3) is 0.462. The number of anilines is 1. The minimum absolute atomic E-state index is 0.0875. The maximum atomic E-state index is 12.0. The first-order chi connectivity index (χ1) is 7.15. The second kappa shape index (κ2) is 3.69. The first kappa shape index (κ1) is 10.2. The number of benzene rings is 1. The average molecular weight is 203 g/mol. The van der Waals surface area contributed by atoms with Gasteiger partial charge in [-0.15, -0.1) is 0 Å². The largest absolute Gasteiger partial charge is 0.326 e. The third kappa shape index (κ3) is 1.89. The molecule has 1 aliphatic carbocycles. The van der Waals surface area contributed by atoms with Crippen LogP contribution < -0.4 is 5.32 Å². The molecule has 0 aliphatic heterocycles. The minimum Gasteiger partial charge on any atom is -0.326 e. The van der Waals surface area contributed by atoms with Crippen molar-refractivity contribution in [1.82, 2.24) is 0 Å². The summed E-state index contributed by atoms with van der Waals surface area (Å²) in [4.78, 5) is 12.0. The lowest BCUT2D eigenvalue weighted by Crippen LogP contribution is -2.28. The third-order valence-electron chi connectivity index (χ3n) is 3.38. The molecule has 0 heterocycles. The Morgan fingerprint density at radius 3 is 2.33 bits per heavy atom. The molecule has 0 aromatic heterocycles. The van der Waals surface area contributed by atoms with Gasteiger partial charge in [-0.25, -0.2) is 0 Å². The Morgan fingerprint density at radius 1 is 1.27 bits per heavy atom. The lowest BCUT2D eigenvalue weighted by Gasteiger charge is -2.18. The number of rotatable bonds is 3. The fourth-order valence-electron chi connectivity index (χ4n) is 1.98. The van der Waals surface area contributed by atoms with Crippen LogP contribution in [0, 0.1) is 11.3 Å². The molecule has 1 saturated carbocycles. The summed E-state index contributed by atoms with van der Waals surface area (Å²) in [6.45, 7) is 4.25. The van der Waals surface area contributed by atoms with Crippen LogP contribution in [0.15, 0.2) is 30.3 Å². The molecule has 1 amide bonds. The average Bonchev–Trinajstić information content (AvgIpc) is 2.99. The Balaban J connectivity index is 2.05. The summed E-state index contributed by atoms with van der Waals surface area (Å²) in [6, 6.07) is 9.67. The van der Waals surface area contributed by atoms with Crippen LogP contribution in [0.25, 0.3) is 0 Å². The second-order valence-corrected chi connectivity index (χ2v) is 4.63. The molecule has 2 heteroatoms. The maximum absolute atomic E-state index is 12.0. The van der Waals surface area contributed by atoms with E-state index >= 15 is 0 Å². The Morgan fingerprint density at radius 2 is 1.87 bits per heavy atom. The quantitative estimate of drug-likeness (QED) is 0.803. The van der Waals surface area contributed by atoms with Crippen LogP contribution in [0.4, 0.5) is 5.69 Å². The lowest BCUT2D eigenvalue weighted by molar-refractivity contribution is -0.122. The van der Waals surface area contributed by atoms with E-state index in [-0.39, 0.29) is 11.3 Å². The SMILES string of the molecule is CC(C)C1(C(=O)Nc2ccccc2)CC1. The molecule has 2 nitrogen and oxygen atoms in total. The van der Waals surface area contributed by atoms with E-state index in [0.717, 1.165) is 18.5 Å². The van der Waals surface area contributed by atoms with E-state index in [1.165, 1.54) is 0 Å². The van der Waals surface area contributed by atoms with Crippen LogP contribution in [0.5, 0.6) is 0 Å². The van der Waals surface area contributed by atoms with Crippen molar-refractivity contribution in [2.75, 3.05) is 5.32 Å². The molecule has 0 bridgehead atoms. The van der Waals surface area contributed by atoms with Crippen molar-refractivity contribution >= 4 is 11.6 Å². The van der Waals surface area contributed by atoms with E-state index < -0.39 is 0 Å². The smallest absolute Gasteiger partial charge is 0.230 e. The van der Waals surface area contributed by atoms with Gasteiger partial charge >= 0.3 is 0 Å². The molecule has 0 saturated heterocycles. The van der Waals surface area contributed by atoms with E-state index in [2.05, 4.69) is 19.2 Å². The van der Waals surface area contributed by atoms with E-state index in [1.807, 2.05) is 30.3 Å². The first-order valence-electron chi connectivity index (χ1n) is 5.52. The lowest BCUT2D eigenvalue weighted by atomic mass is 9.91. The van der Waals surface area contributed by atoms with Crippen LogP contribution in [-0.2, 0) is 4.79 Å². The van der Waals surface area contributed by atoms with Crippen molar-refractivity contribution in [3.8, 4) is 0 Å². The summed E-state index contributed by atoms with van der Waals surface area (Å²) in [5, 5.41) is 2.99. The highest BCUT2D eigenvalue weighted by atomic mass is 16.2. The Kier molecular flexibility index (Phi) is 2.51. The highest BCUT2D eigenvalue weighted by Gasteiger charge is 2.51. The fourth-order valence-corrected chi connectivity index (χ4v) is 1.98. The van der Waals surface area contributed by atoms with E-state index in [0.29, 0.717) is 5.92 Å². The molecular weight excluding hydrogens is 186 g/mol. The highest BCUT2D eigenvalue weighted by molar-refractivity contribution is 5.97. The van der Waals surface area contributed by atoms with Gasteiger partial charge in [0, 0.05) is 5.69 Å². The van der Waals surface area contributed by atoms with E-state index in [1.54, 1.807) is 0 Å². The molecule has 1 aromatic rings. The summed E-state index contributed by atoms with van der Waals surface area (Å²) in [7, 11) is 0. The summed E-state index contributed by atoms with van der Waals surface area (Å²) in [5.41, 5.74) is 0.810. The van der Waals surface area contributed by atoms with Crippen molar-refractivity contribution < 1.29 is 4.79 Å². The maximum Gasteiger partial charge on any atom is 0.230 e. The zero-order valence-electron chi connectivity index (χ0n) is 9.29. The Hall–Kier alpha value is -1.31. The van der Waals surface area contributed by atoms with Gasteiger partial charge in [0.25, 0.3) is 0 Å². The van der Waals surface area contributed by atoms with Gasteiger partial charge in [-0.2, -0.15) is 0 Å². The number of carbonyl (C=O) groups excluding carboxylic acids is 1. The standard InChI is InChI=1S/C13H17NO/c1-10(2)13(8-9-13)12(15)14-11-6-4-3-5-7-11/h3-7,10H,8-9H2,1-2H3,(H,14,15). The van der Waals surface area contributed by atoms with Crippen LogP contribution in [0.1, 0.15) is 26.7 Å². The number of hydrogen-bond donors (Lipinski definition) is 1. The first-order valence-corrected chi connectivity index (χ1v) is 5.52.